The Bertz CT molecular complexity index is 484. The summed E-state index contributed by atoms with van der Waals surface area (Å²) in [4.78, 5) is 10.9. The highest BCUT2D eigenvalue weighted by Gasteiger charge is 2.25. The number of nitrogens with one attached hydrogen (secondary N) is 1. The number of rotatable bonds is 6. The van der Waals surface area contributed by atoms with Gasteiger partial charge >= 0.3 is 5.97 Å². The van der Waals surface area contributed by atoms with Crippen molar-refractivity contribution in [3.05, 3.63) is 29.6 Å². The highest BCUT2D eigenvalue weighted by molar-refractivity contribution is 5.69. The smallest absolute Gasteiger partial charge is 0.306 e. The SMILES string of the molecule is COc1ccc(CNCC2CCC(C(=O)O)CC2)c(F)c1. The first-order valence-electron chi connectivity index (χ1n) is 7.36. The molecule has 0 amide bonds. The van der Waals surface area contributed by atoms with Gasteiger partial charge in [-0.25, -0.2) is 4.39 Å². The summed E-state index contributed by atoms with van der Waals surface area (Å²) in [5.74, 6) is -0.122. The average molecular weight is 295 g/mol. The molecule has 1 saturated carbocycles. The van der Waals surface area contributed by atoms with Crippen LogP contribution < -0.4 is 10.1 Å². The van der Waals surface area contributed by atoms with Gasteiger partial charge in [0, 0.05) is 18.2 Å². The summed E-state index contributed by atoms with van der Waals surface area (Å²) in [6, 6.07) is 4.86. The van der Waals surface area contributed by atoms with E-state index in [9.17, 15) is 9.18 Å². The second-order valence-corrected chi connectivity index (χ2v) is 5.64. The third-order valence-corrected chi connectivity index (χ3v) is 4.20. The number of halogens is 1. The highest BCUT2D eigenvalue weighted by atomic mass is 19.1. The molecule has 0 spiro atoms. The van der Waals surface area contributed by atoms with Gasteiger partial charge in [-0.2, -0.15) is 0 Å². The van der Waals surface area contributed by atoms with E-state index >= 15 is 0 Å². The summed E-state index contributed by atoms with van der Waals surface area (Å²) >= 11 is 0. The third-order valence-electron chi connectivity index (χ3n) is 4.20. The molecule has 5 heteroatoms. The van der Waals surface area contributed by atoms with Gasteiger partial charge < -0.3 is 15.2 Å². The minimum Gasteiger partial charge on any atom is -0.497 e. The molecule has 0 radical (unpaired) electrons. The molecule has 1 aliphatic rings. The third kappa shape index (κ3) is 4.43. The van der Waals surface area contributed by atoms with Gasteiger partial charge in [0.05, 0.1) is 13.0 Å². The highest BCUT2D eigenvalue weighted by Crippen LogP contribution is 2.28. The van der Waals surface area contributed by atoms with Gasteiger partial charge in [-0.15, -0.1) is 0 Å². The molecule has 0 bridgehead atoms. The molecule has 0 atom stereocenters. The van der Waals surface area contributed by atoms with E-state index in [0.717, 1.165) is 32.2 Å². The fourth-order valence-electron chi connectivity index (χ4n) is 2.82. The lowest BCUT2D eigenvalue weighted by Crippen LogP contribution is -2.28. The Hall–Kier alpha value is -1.62. The van der Waals surface area contributed by atoms with Crippen molar-refractivity contribution in [2.45, 2.75) is 32.2 Å². The van der Waals surface area contributed by atoms with Crippen molar-refractivity contribution in [1.29, 1.82) is 0 Å². The molecule has 0 heterocycles. The van der Waals surface area contributed by atoms with Crippen molar-refractivity contribution in [2.75, 3.05) is 13.7 Å². The molecule has 2 rings (SSSR count). The Balaban J connectivity index is 1.74. The topological polar surface area (TPSA) is 58.6 Å². The molecule has 0 aliphatic heterocycles. The van der Waals surface area contributed by atoms with Crippen LogP contribution in [0.2, 0.25) is 0 Å². The number of ether oxygens (including phenoxy) is 1. The van der Waals surface area contributed by atoms with E-state index in [2.05, 4.69) is 5.32 Å². The van der Waals surface area contributed by atoms with Gasteiger partial charge in [0.25, 0.3) is 0 Å². The average Bonchev–Trinajstić information content (AvgIpc) is 2.49. The Kier molecular flexibility index (Phi) is 5.56. The number of hydrogen-bond acceptors (Lipinski definition) is 3. The molecular weight excluding hydrogens is 273 g/mol. The zero-order chi connectivity index (χ0) is 15.2. The van der Waals surface area contributed by atoms with Gasteiger partial charge in [0.2, 0.25) is 0 Å². The molecule has 2 N–H and O–H groups in total. The van der Waals surface area contributed by atoms with Crippen LogP contribution in [0.25, 0.3) is 0 Å². The lowest BCUT2D eigenvalue weighted by Gasteiger charge is -2.26. The molecule has 1 aliphatic carbocycles. The van der Waals surface area contributed by atoms with E-state index in [4.69, 9.17) is 9.84 Å². The number of carboxylic acids is 1. The summed E-state index contributed by atoms with van der Waals surface area (Å²) in [7, 11) is 1.51. The zero-order valence-electron chi connectivity index (χ0n) is 12.3. The normalized spacial score (nSPS) is 22.0. The van der Waals surface area contributed by atoms with E-state index in [0.29, 0.717) is 23.8 Å². The number of methoxy groups -OCH3 is 1. The Morgan fingerprint density at radius 2 is 2.10 bits per heavy atom. The van der Waals surface area contributed by atoms with Crippen molar-refractivity contribution in [1.82, 2.24) is 5.32 Å². The molecular formula is C16H22FNO3. The van der Waals surface area contributed by atoms with Gasteiger partial charge in [-0.3, -0.25) is 4.79 Å². The molecule has 4 nitrogen and oxygen atoms in total. The molecule has 0 aromatic heterocycles. The Morgan fingerprint density at radius 1 is 1.38 bits per heavy atom. The van der Waals surface area contributed by atoms with Crippen LogP contribution in [0.4, 0.5) is 4.39 Å². The van der Waals surface area contributed by atoms with Gasteiger partial charge in [0.15, 0.2) is 0 Å². The monoisotopic (exact) mass is 295 g/mol. The molecule has 116 valence electrons. The first-order valence-corrected chi connectivity index (χ1v) is 7.36. The summed E-state index contributed by atoms with van der Waals surface area (Å²) in [6.45, 7) is 1.28. The second-order valence-electron chi connectivity index (χ2n) is 5.64. The van der Waals surface area contributed by atoms with Gasteiger partial charge in [0.1, 0.15) is 11.6 Å². The lowest BCUT2D eigenvalue weighted by molar-refractivity contribution is -0.143. The van der Waals surface area contributed by atoms with Crippen molar-refractivity contribution < 1.29 is 19.0 Å². The number of aliphatic carboxylic acids is 1. The van der Waals surface area contributed by atoms with E-state index in [1.165, 1.54) is 13.2 Å². The Morgan fingerprint density at radius 3 is 2.67 bits per heavy atom. The molecule has 0 saturated heterocycles. The van der Waals surface area contributed by atoms with E-state index < -0.39 is 5.97 Å². The maximum absolute atomic E-state index is 13.8. The molecule has 1 aromatic carbocycles. The van der Waals surface area contributed by atoms with Gasteiger partial charge in [-0.1, -0.05) is 6.07 Å². The van der Waals surface area contributed by atoms with Crippen LogP contribution >= 0.6 is 0 Å². The van der Waals surface area contributed by atoms with Gasteiger partial charge in [-0.05, 0) is 44.2 Å². The number of carbonyl (C=O) groups is 1. The maximum Gasteiger partial charge on any atom is 0.306 e. The standard InChI is InChI=1S/C16H22FNO3/c1-21-14-7-6-13(15(17)8-14)10-18-9-11-2-4-12(5-3-11)16(19)20/h6-8,11-12,18H,2-5,9-10H2,1H3,(H,19,20). The number of hydrogen-bond donors (Lipinski definition) is 2. The second kappa shape index (κ2) is 7.41. The van der Waals surface area contributed by atoms with Crippen LogP contribution in [0.1, 0.15) is 31.2 Å². The predicted octanol–water partition coefficient (Wildman–Crippen LogP) is 2.81. The van der Waals surface area contributed by atoms with Crippen LogP contribution in [0.15, 0.2) is 18.2 Å². The van der Waals surface area contributed by atoms with Crippen LogP contribution in [0.3, 0.4) is 0 Å². The molecule has 1 aromatic rings. The molecule has 0 unspecified atom stereocenters. The fraction of sp³-hybridized carbons (Fsp3) is 0.562. The van der Waals surface area contributed by atoms with Crippen molar-refractivity contribution in [3.8, 4) is 5.75 Å². The number of benzene rings is 1. The van der Waals surface area contributed by atoms with E-state index in [1.807, 2.05) is 0 Å². The quantitative estimate of drug-likeness (QED) is 0.847. The van der Waals surface area contributed by atoms with Crippen LogP contribution in [0, 0.1) is 17.7 Å². The van der Waals surface area contributed by atoms with Crippen molar-refractivity contribution in [2.24, 2.45) is 11.8 Å². The van der Waals surface area contributed by atoms with Crippen LogP contribution in [-0.2, 0) is 11.3 Å². The first-order chi connectivity index (χ1) is 10.1. The van der Waals surface area contributed by atoms with Crippen molar-refractivity contribution >= 4 is 5.97 Å². The largest absolute Gasteiger partial charge is 0.497 e. The first kappa shape index (κ1) is 15.8. The Labute approximate surface area is 124 Å². The molecule has 21 heavy (non-hydrogen) atoms. The minimum atomic E-state index is -0.679. The lowest BCUT2D eigenvalue weighted by atomic mass is 9.82. The summed E-state index contributed by atoms with van der Waals surface area (Å²) in [5, 5.41) is 12.2. The van der Waals surface area contributed by atoms with Crippen molar-refractivity contribution in [3.63, 3.8) is 0 Å². The predicted molar refractivity (Wildman–Crippen MR) is 77.7 cm³/mol. The van der Waals surface area contributed by atoms with Crippen LogP contribution in [-0.4, -0.2) is 24.7 Å². The van der Waals surface area contributed by atoms with E-state index in [1.54, 1.807) is 12.1 Å². The maximum atomic E-state index is 13.8. The molecule has 1 fully saturated rings. The number of carboxylic acid groups (broad SMARTS) is 1. The summed E-state index contributed by atoms with van der Waals surface area (Å²) < 4.78 is 18.7. The zero-order valence-corrected chi connectivity index (χ0v) is 12.3. The fourth-order valence-corrected chi connectivity index (χ4v) is 2.82. The summed E-state index contributed by atoms with van der Waals surface area (Å²) in [5.41, 5.74) is 0.620. The van der Waals surface area contributed by atoms with E-state index in [-0.39, 0.29) is 11.7 Å². The summed E-state index contributed by atoms with van der Waals surface area (Å²) in [6.07, 6.45) is 3.35. The van der Waals surface area contributed by atoms with Crippen LogP contribution in [0.5, 0.6) is 5.75 Å². The minimum absolute atomic E-state index is 0.180.